The SMILES string of the molecule is Cc1cc(C(=O)NCC2(N3CCOCC3)CCCCC2)nn1C. The van der Waals surface area contributed by atoms with Gasteiger partial charge in [0.15, 0.2) is 0 Å². The van der Waals surface area contributed by atoms with E-state index in [4.69, 9.17) is 4.74 Å². The van der Waals surface area contributed by atoms with Crippen LogP contribution in [0.3, 0.4) is 0 Å². The zero-order valence-electron chi connectivity index (χ0n) is 14.3. The van der Waals surface area contributed by atoms with E-state index in [1.165, 1.54) is 19.3 Å². The molecule has 2 aliphatic rings. The van der Waals surface area contributed by atoms with E-state index in [1.54, 1.807) is 4.68 Å². The topological polar surface area (TPSA) is 59.4 Å². The summed E-state index contributed by atoms with van der Waals surface area (Å²) in [6.07, 6.45) is 6.12. The molecule has 0 spiro atoms. The largest absolute Gasteiger partial charge is 0.379 e. The van der Waals surface area contributed by atoms with E-state index in [0.29, 0.717) is 12.2 Å². The first-order valence-corrected chi connectivity index (χ1v) is 8.72. The molecule has 0 atom stereocenters. The minimum absolute atomic E-state index is 0.0630. The second-order valence-electron chi connectivity index (χ2n) is 6.86. The zero-order valence-corrected chi connectivity index (χ0v) is 14.3. The minimum Gasteiger partial charge on any atom is -0.379 e. The van der Waals surface area contributed by atoms with Crippen molar-refractivity contribution in [2.75, 3.05) is 32.8 Å². The summed E-state index contributed by atoms with van der Waals surface area (Å²) in [6.45, 7) is 6.21. The van der Waals surface area contributed by atoms with Gasteiger partial charge >= 0.3 is 0 Å². The second kappa shape index (κ2) is 7.01. The van der Waals surface area contributed by atoms with Crippen LogP contribution in [0.25, 0.3) is 0 Å². The molecule has 1 aliphatic carbocycles. The number of amides is 1. The van der Waals surface area contributed by atoms with Gasteiger partial charge in [-0.25, -0.2) is 0 Å². The Balaban J connectivity index is 1.67. The number of rotatable bonds is 4. The van der Waals surface area contributed by atoms with Crippen molar-refractivity contribution in [2.45, 2.75) is 44.6 Å². The van der Waals surface area contributed by atoms with Gasteiger partial charge in [-0.15, -0.1) is 0 Å². The molecule has 0 bridgehead atoms. The number of carbonyl (C=O) groups excluding carboxylic acids is 1. The predicted molar refractivity (Wildman–Crippen MR) is 88.5 cm³/mol. The Morgan fingerprint density at radius 2 is 2.00 bits per heavy atom. The van der Waals surface area contributed by atoms with Crippen LogP contribution < -0.4 is 5.32 Å². The Kier molecular flexibility index (Phi) is 5.02. The lowest BCUT2D eigenvalue weighted by molar-refractivity contribution is -0.0361. The number of ether oxygens (including phenoxy) is 1. The third kappa shape index (κ3) is 3.58. The molecule has 6 heteroatoms. The van der Waals surface area contributed by atoms with Gasteiger partial charge in [-0.05, 0) is 25.8 Å². The molecule has 1 aromatic heterocycles. The second-order valence-corrected chi connectivity index (χ2v) is 6.86. The van der Waals surface area contributed by atoms with Gasteiger partial charge in [-0.1, -0.05) is 19.3 Å². The smallest absolute Gasteiger partial charge is 0.271 e. The molecule has 128 valence electrons. The summed E-state index contributed by atoms with van der Waals surface area (Å²) < 4.78 is 7.25. The van der Waals surface area contributed by atoms with Gasteiger partial charge in [0, 0.05) is 37.9 Å². The first-order valence-electron chi connectivity index (χ1n) is 8.72. The number of aromatic nitrogens is 2. The highest BCUT2D eigenvalue weighted by molar-refractivity contribution is 5.92. The molecule has 2 heterocycles. The highest BCUT2D eigenvalue weighted by atomic mass is 16.5. The first-order chi connectivity index (χ1) is 11.1. The predicted octanol–water partition coefficient (Wildman–Crippen LogP) is 1.49. The minimum atomic E-state index is -0.0630. The molecular weight excluding hydrogens is 292 g/mol. The summed E-state index contributed by atoms with van der Waals surface area (Å²) in [5, 5.41) is 7.43. The Labute approximate surface area is 138 Å². The first kappa shape index (κ1) is 16.5. The van der Waals surface area contributed by atoms with Crippen LogP contribution in [0, 0.1) is 6.92 Å². The van der Waals surface area contributed by atoms with Gasteiger partial charge in [0.1, 0.15) is 5.69 Å². The van der Waals surface area contributed by atoms with Crippen molar-refractivity contribution in [1.29, 1.82) is 0 Å². The lowest BCUT2D eigenvalue weighted by Crippen LogP contribution is -2.59. The van der Waals surface area contributed by atoms with E-state index >= 15 is 0 Å². The van der Waals surface area contributed by atoms with Gasteiger partial charge in [0.25, 0.3) is 5.91 Å². The molecule has 1 aromatic rings. The summed E-state index contributed by atoms with van der Waals surface area (Å²) in [7, 11) is 1.86. The van der Waals surface area contributed by atoms with Crippen LogP contribution in [-0.2, 0) is 11.8 Å². The molecule has 0 unspecified atom stereocenters. The maximum absolute atomic E-state index is 12.4. The van der Waals surface area contributed by atoms with Crippen LogP contribution >= 0.6 is 0 Å². The molecular formula is C17H28N4O2. The molecule has 1 N–H and O–H groups in total. The number of morpholine rings is 1. The molecule has 3 rings (SSSR count). The maximum atomic E-state index is 12.4. The monoisotopic (exact) mass is 320 g/mol. The lowest BCUT2D eigenvalue weighted by Gasteiger charge is -2.48. The van der Waals surface area contributed by atoms with Crippen molar-refractivity contribution >= 4 is 5.91 Å². The molecule has 1 saturated carbocycles. The number of nitrogens with zero attached hydrogens (tertiary/aromatic N) is 3. The van der Waals surface area contributed by atoms with Crippen LogP contribution in [-0.4, -0.2) is 59.0 Å². The van der Waals surface area contributed by atoms with Crippen LogP contribution in [0.1, 0.15) is 48.3 Å². The Bertz CT molecular complexity index is 523. The van der Waals surface area contributed by atoms with E-state index < -0.39 is 0 Å². The van der Waals surface area contributed by atoms with Gasteiger partial charge in [0.05, 0.1) is 13.2 Å². The van der Waals surface area contributed by atoms with Gasteiger partial charge in [0.2, 0.25) is 0 Å². The van der Waals surface area contributed by atoms with Crippen molar-refractivity contribution in [2.24, 2.45) is 7.05 Å². The van der Waals surface area contributed by atoms with Crippen LogP contribution in [0.4, 0.5) is 0 Å². The standard InChI is InChI=1S/C17H28N4O2/c1-14-12-15(19-20(14)2)16(22)18-13-17(6-4-3-5-7-17)21-8-10-23-11-9-21/h12H,3-11,13H2,1-2H3,(H,18,22). The zero-order chi connectivity index (χ0) is 16.3. The van der Waals surface area contributed by atoms with E-state index in [1.807, 2.05) is 20.0 Å². The van der Waals surface area contributed by atoms with Crippen molar-refractivity contribution in [3.05, 3.63) is 17.5 Å². The molecule has 0 radical (unpaired) electrons. The molecule has 1 saturated heterocycles. The number of nitrogens with one attached hydrogen (secondary N) is 1. The van der Waals surface area contributed by atoms with Crippen LogP contribution in [0.2, 0.25) is 0 Å². The number of carbonyl (C=O) groups is 1. The molecule has 0 aromatic carbocycles. The quantitative estimate of drug-likeness (QED) is 0.913. The lowest BCUT2D eigenvalue weighted by atomic mass is 9.79. The molecule has 1 aliphatic heterocycles. The summed E-state index contributed by atoms with van der Waals surface area (Å²) >= 11 is 0. The summed E-state index contributed by atoms with van der Waals surface area (Å²) in [6, 6.07) is 1.84. The number of aryl methyl sites for hydroxylation is 2. The number of hydrogen-bond donors (Lipinski definition) is 1. The number of hydrogen-bond acceptors (Lipinski definition) is 4. The highest BCUT2D eigenvalue weighted by Gasteiger charge is 2.38. The molecule has 1 amide bonds. The van der Waals surface area contributed by atoms with E-state index in [0.717, 1.165) is 44.8 Å². The molecule has 6 nitrogen and oxygen atoms in total. The fourth-order valence-electron chi connectivity index (χ4n) is 3.86. The van der Waals surface area contributed by atoms with Gasteiger partial charge < -0.3 is 10.1 Å². The average molecular weight is 320 g/mol. The molecule has 23 heavy (non-hydrogen) atoms. The van der Waals surface area contributed by atoms with Crippen molar-refractivity contribution in [3.8, 4) is 0 Å². The third-order valence-electron chi connectivity index (χ3n) is 5.39. The Morgan fingerprint density at radius 1 is 1.30 bits per heavy atom. The summed E-state index contributed by atoms with van der Waals surface area (Å²) in [4.78, 5) is 15.0. The fraction of sp³-hybridized carbons (Fsp3) is 0.765. The summed E-state index contributed by atoms with van der Waals surface area (Å²) in [5.41, 5.74) is 1.61. The van der Waals surface area contributed by atoms with Crippen LogP contribution in [0.15, 0.2) is 6.07 Å². The summed E-state index contributed by atoms with van der Waals surface area (Å²) in [5.74, 6) is -0.0630. The fourth-order valence-corrected chi connectivity index (χ4v) is 3.86. The highest BCUT2D eigenvalue weighted by Crippen LogP contribution is 2.33. The maximum Gasteiger partial charge on any atom is 0.271 e. The van der Waals surface area contributed by atoms with E-state index in [9.17, 15) is 4.79 Å². The third-order valence-corrected chi connectivity index (χ3v) is 5.39. The Hall–Kier alpha value is -1.40. The van der Waals surface area contributed by atoms with E-state index in [-0.39, 0.29) is 11.4 Å². The van der Waals surface area contributed by atoms with E-state index in [2.05, 4.69) is 15.3 Å². The average Bonchev–Trinajstić information content (AvgIpc) is 2.93. The Morgan fingerprint density at radius 3 is 2.61 bits per heavy atom. The molecule has 2 fully saturated rings. The van der Waals surface area contributed by atoms with Crippen molar-refractivity contribution < 1.29 is 9.53 Å². The van der Waals surface area contributed by atoms with Gasteiger partial charge in [-0.3, -0.25) is 14.4 Å². The normalized spacial score (nSPS) is 22.0. The van der Waals surface area contributed by atoms with Gasteiger partial charge in [-0.2, -0.15) is 5.10 Å². The van der Waals surface area contributed by atoms with Crippen molar-refractivity contribution in [3.63, 3.8) is 0 Å². The van der Waals surface area contributed by atoms with Crippen LogP contribution in [0.5, 0.6) is 0 Å². The van der Waals surface area contributed by atoms with Crippen molar-refractivity contribution in [1.82, 2.24) is 20.0 Å².